The molecule has 0 unspecified atom stereocenters. The summed E-state index contributed by atoms with van der Waals surface area (Å²) in [6.45, 7) is 2.06. The monoisotopic (exact) mass is 254 g/mol. The van der Waals surface area contributed by atoms with Gasteiger partial charge in [0.05, 0.1) is 11.6 Å². The van der Waals surface area contributed by atoms with E-state index in [2.05, 4.69) is 9.97 Å². The van der Waals surface area contributed by atoms with Crippen molar-refractivity contribution in [1.29, 1.82) is 0 Å². The predicted molar refractivity (Wildman–Crippen MR) is 63.6 cm³/mol. The minimum atomic E-state index is -0.379. The van der Waals surface area contributed by atoms with E-state index in [1.54, 1.807) is 13.0 Å². The van der Waals surface area contributed by atoms with Crippen LogP contribution in [-0.2, 0) is 16.1 Å². The summed E-state index contributed by atoms with van der Waals surface area (Å²) in [5, 5.41) is 0.471. The molecule has 0 aliphatic carbocycles. The second kappa shape index (κ2) is 4.58. The number of carbonyl (C=O) groups is 1. The zero-order valence-corrected chi connectivity index (χ0v) is 9.94. The first-order valence-corrected chi connectivity index (χ1v) is 5.42. The maximum absolute atomic E-state index is 11.4. The van der Waals surface area contributed by atoms with Crippen molar-refractivity contribution in [3.63, 3.8) is 0 Å². The van der Waals surface area contributed by atoms with Crippen LogP contribution in [0.25, 0.3) is 11.2 Å². The van der Waals surface area contributed by atoms with E-state index in [9.17, 15) is 4.79 Å². The number of aromatic nitrogens is 3. The van der Waals surface area contributed by atoms with E-state index in [1.165, 1.54) is 10.8 Å². The highest BCUT2D eigenvalue weighted by Crippen LogP contribution is 2.19. The third-order valence-corrected chi connectivity index (χ3v) is 2.38. The molecule has 0 spiro atoms. The number of esters is 1. The molecule has 0 bridgehead atoms. The van der Waals surface area contributed by atoms with Crippen molar-refractivity contribution in [2.75, 3.05) is 12.3 Å². The summed E-state index contributed by atoms with van der Waals surface area (Å²) in [5.74, 6) is -0.168. The van der Waals surface area contributed by atoms with E-state index < -0.39 is 0 Å². The first-order chi connectivity index (χ1) is 8.11. The molecule has 90 valence electrons. The lowest BCUT2D eigenvalue weighted by Gasteiger charge is -2.04. The molecule has 7 heteroatoms. The average molecular weight is 255 g/mol. The fraction of sp³-hybridized carbons (Fsp3) is 0.300. The molecular weight excluding hydrogens is 244 g/mol. The van der Waals surface area contributed by atoms with Crippen LogP contribution >= 0.6 is 11.6 Å². The van der Waals surface area contributed by atoms with Crippen molar-refractivity contribution in [3.8, 4) is 0 Å². The van der Waals surface area contributed by atoms with Crippen LogP contribution in [-0.4, -0.2) is 27.1 Å². The maximum Gasteiger partial charge on any atom is 0.326 e. The van der Waals surface area contributed by atoms with Crippen LogP contribution in [0.2, 0.25) is 5.02 Å². The lowest BCUT2D eigenvalue weighted by molar-refractivity contribution is -0.143. The van der Waals surface area contributed by atoms with E-state index in [1.807, 2.05) is 0 Å². The Balaban J connectivity index is 2.39. The first-order valence-electron chi connectivity index (χ1n) is 5.04. The molecule has 0 aromatic carbocycles. The number of anilines is 1. The van der Waals surface area contributed by atoms with Gasteiger partial charge in [0.15, 0.2) is 5.65 Å². The molecule has 0 saturated heterocycles. The largest absolute Gasteiger partial charge is 0.465 e. The maximum atomic E-state index is 11.4. The van der Waals surface area contributed by atoms with Gasteiger partial charge in [-0.15, -0.1) is 0 Å². The zero-order valence-electron chi connectivity index (χ0n) is 9.18. The Morgan fingerprint density at radius 3 is 3.12 bits per heavy atom. The van der Waals surface area contributed by atoms with E-state index in [4.69, 9.17) is 22.1 Å². The minimum absolute atomic E-state index is 0.00912. The van der Waals surface area contributed by atoms with Crippen LogP contribution in [0, 0.1) is 0 Å². The van der Waals surface area contributed by atoms with Crippen molar-refractivity contribution >= 4 is 34.7 Å². The van der Waals surface area contributed by atoms with Crippen molar-refractivity contribution in [2.45, 2.75) is 13.5 Å². The SMILES string of the molecule is CCOC(=O)Cn1c(N)nc2cc(Cl)cnc21. The van der Waals surface area contributed by atoms with E-state index in [-0.39, 0.29) is 18.5 Å². The molecule has 0 aliphatic heterocycles. The highest BCUT2D eigenvalue weighted by molar-refractivity contribution is 6.31. The second-order valence-corrected chi connectivity index (χ2v) is 3.79. The fourth-order valence-electron chi connectivity index (χ4n) is 1.50. The van der Waals surface area contributed by atoms with Crippen LogP contribution in [0.4, 0.5) is 5.95 Å². The van der Waals surface area contributed by atoms with Gasteiger partial charge in [-0.1, -0.05) is 11.6 Å². The van der Waals surface area contributed by atoms with Crippen molar-refractivity contribution in [2.24, 2.45) is 0 Å². The minimum Gasteiger partial charge on any atom is -0.465 e. The number of hydrogen-bond donors (Lipinski definition) is 1. The van der Waals surface area contributed by atoms with Crippen molar-refractivity contribution in [1.82, 2.24) is 14.5 Å². The second-order valence-electron chi connectivity index (χ2n) is 3.36. The van der Waals surface area contributed by atoms with Gasteiger partial charge in [0.1, 0.15) is 12.1 Å². The first kappa shape index (κ1) is 11.7. The Labute approximate surface area is 102 Å². The van der Waals surface area contributed by atoms with Gasteiger partial charge in [-0.3, -0.25) is 9.36 Å². The fourth-order valence-corrected chi connectivity index (χ4v) is 1.65. The molecule has 2 aromatic rings. The number of nitrogens with zero attached hydrogens (tertiary/aromatic N) is 3. The molecule has 2 N–H and O–H groups in total. The number of rotatable bonds is 3. The summed E-state index contributed by atoms with van der Waals surface area (Å²) in [6, 6.07) is 1.64. The molecule has 0 atom stereocenters. The Bertz CT molecular complexity index is 567. The van der Waals surface area contributed by atoms with Gasteiger partial charge < -0.3 is 10.5 Å². The lowest BCUT2D eigenvalue weighted by Crippen LogP contribution is -2.15. The van der Waals surface area contributed by atoms with Gasteiger partial charge in [-0.25, -0.2) is 9.97 Å². The molecule has 2 heterocycles. The number of imidazole rings is 1. The summed E-state index contributed by atoms with van der Waals surface area (Å²) < 4.78 is 6.34. The van der Waals surface area contributed by atoms with E-state index in [0.29, 0.717) is 22.8 Å². The Hall–Kier alpha value is -1.82. The number of hydrogen-bond acceptors (Lipinski definition) is 5. The molecule has 2 aromatic heterocycles. The zero-order chi connectivity index (χ0) is 12.4. The van der Waals surface area contributed by atoms with Crippen LogP contribution in [0.5, 0.6) is 0 Å². The Morgan fingerprint density at radius 2 is 2.41 bits per heavy atom. The van der Waals surface area contributed by atoms with Gasteiger partial charge in [-0.05, 0) is 13.0 Å². The number of carbonyl (C=O) groups excluding carboxylic acids is 1. The lowest BCUT2D eigenvalue weighted by atomic mass is 10.4. The molecule has 0 radical (unpaired) electrons. The number of nitrogens with two attached hydrogens (primary N) is 1. The standard InChI is InChI=1S/C10H11ClN4O2/c1-2-17-8(16)5-15-9-7(14-10(15)12)3-6(11)4-13-9/h3-4H,2,5H2,1H3,(H2,12,14). The molecule has 0 aliphatic rings. The summed E-state index contributed by atoms with van der Waals surface area (Å²) in [6.07, 6.45) is 1.48. The van der Waals surface area contributed by atoms with Crippen LogP contribution in [0.15, 0.2) is 12.3 Å². The third kappa shape index (κ3) is 2.31. The molecule has 0 amide bonds. The highest BCUT2D eigenvalue weighted by Gasteiger charge is 2.13. The molecule has 17 heavy (non-hydrogen) atoms. The molecular formula is C10H11ClN4O2. The van der Waals surface area contributed by atoms with Gasteiger partial charge in [-0.2, -0.15) is 0 Å². The predicted octanol–water partition coefficient (Wildman–Crippen LogP) is 1.23. The van der Waals surface area contributed by atoms with Gasteiger partial charge in [0.25, 0.3) is 0 Å². The summed E-state index contributed by atoms with van der Waals surface area (Å²) in [5.41, 5.74) is 6.78. The van der Waals surface area contributed by atoms with Gasteiger partial charge >= 0.3 is 5.97 Å². The smallest absolute Gasteiger partial charge is 0.326 e. The molecule has 0 fully saturated rings. The third-order valence-electron chi connectivity index (χ3n) is 2.17. The normalized spacial score (nSPS) is 10.7. The van der Waals surface area contributed by atoms with Gasteiger partial charge in [0.2, 0.25) is 5.95 Å². The van der Waals surface area contributed by atoms with E-state index >= 15 is 0 Å². The van der Waals surface area contributed by atoms with Gasteiger partial charge in [0, 0.05) is 6.20 Å². The summed E-state index contributed by atoms with van der Waals surface area (Å²) in [7, 11) is 0. The van der Waals surface area contributed by atoms with Crippen LogP contribution in [0.3, 0.4) is 0 Å². The Morgan fingerprint density at radius 1 is 1.65 bits per heavy atom. The average Bonchev–Trinajstić information content (AvgIpc) is 2.55. The number of halogens is 1. The Kier molecular flexibility index (Phi) is 3.14. The van der Waals surface area contributed by atoms with Crippen molar-refractivity contribution in [3.05, 3.63) is 17.3 Å². The molecule has 2 rings (SSSR count). The number of fused-ring (bicyclic) bond motifs is 1. The van der Waals surface area contributed by atoms with Crippen molar-refractivity contribution < 1.29 is 9.53 Å². The number of pyridine rings is 1. The molecule has 0 saturated carbocycles. The van der Waals surface area contributed by atoms with E-state index in [0.717, 1.165) is 0 Å². The van der Waals surface area contributed by atoms with Crippen LogP contribution in [0.1, 0.15) is 6.92 Å². The molecule has 6 nitrogen and oxygen atoms in total. The highest BCUT2D eigenvalue weighted by atomic mass is 35.5. The van der Waals surface area contributed by atoms with Crippen LogP contribution < -0.4 is 5.73 Å². The summed E-state index contributed by atoms with van der Waals surface area (Å²) in [4.78, 5) is 19.6. The number of ether oxygens (including phenoxy) is 1. The topological polar surface area (TPSA) is 83.0 Å². The quantitative estimate of drug-likeness (QED) is 0.833. The number of nitrogen functional groups attached to an aromatic ring is 1. The summed E-state index contributed by atoms with van der Waals surface area (Å²) >= 11 is 5.79.